The Labute approximate surface area is 449 Å². The van der Waals surface area contributed by atoms with Crippen LogP contribution in [-0.4, -0.2) is 41.8 Å². The molecule has 8 aromatic rings. The average molecular weight is 1120 g/mol. The number of rotatable bonds is 8. The Morgan fingerprint density at radius 1 is 0.486 bits per heavy atom. The van der Waals surface area contributed by atoms with E-state index in [1.165, 1.54) is 87.6 Å². The third-order valence-corrected chi connectivity index (χ3v) is 23.3. The number of hydrogen-bond acceptors (Lipinski definition) is 0. The van der Waals surface area contributed by atoms with Crippen LogP contribution in [0.5, 0.6) is 0 Å². The molecule has 1 aliphatic heterocycles. The van der Waals surface area contributed by atoms with Gasteiger partial charge in [0, 0.05) is 0 Å². The summed E-state index contributed by atoms with van der Waals surface area (Å²) < 4.78 is 0. The van der Waals surface area contributed by atoms with Crippen LogP contribution in [0.2, 0.25) is 78.6 Å². The second kappa shape index (κ2) is 22.7. The van der Waals surface area contributed by atoms with Gasteiger partial charge in [-0.05, 0) is 36.8 Å². The van der Waals surface area contributed by atoms with E-state index < -0.39 is 53.1 Å². The molecular formula is C62H77Cl2Si5Zr-3. The number of aryl methyl sites for hydroxylation is 2. The summed E-state index contributed by atoms with van der Waals surface area (Å²) in [6, 6.07) is 52.0. The van der Waals surface area contributed by atoms with E-state index in [4.69, 9.17) is 17.0 Å². The number of benzene rings is 6. The van der Waals surface area contributed by atoms with E-state index in [0.29, 0.717) is 11.8 Å². The van der Waals surface area contributed by atoms with Crippen molar-refractivity contribution in [1.29, 1.82) is 0 Å². The van der Waals surface area contributed by atoms with Gasteiger partial charge in [-0.1, -0.05) is 221 Å². The van der Waals surface area contributed by atoms with Crippen molar-refractivity contribution in [3.05, 3.63) is 156 Å². The molecule has 0 saturated heterocycles. The third kappa shape index (κ3) is 13.4. The maximum atomic E-state index is 4.93. The van der Waals surface area contributed by atoms with E-state index in [9.17, 15) is 0 Å². The van der Waals surface area contributed by atoms with Gasteiger partial charge in [0.25, 0.3) is 0 Å². The minimum Gasteiger partial charge on any atom is -0.184 e. The molecule has 0 fully saturated rings. The van der Waals surface area contributed by atoms with Crippen molar-refractivity contribution in [2.24, 2.45) is 0 Å². The van der Waals surface area contributed by atoms with Gasteiger partial charge >= 0.3 is 37.9 Å². The second-order valence-corrected chi connectivity index (χ2v) is 49.5. The van der Waals surface area contributed by atoms with Gasteiger partial charge in [0.05, 0.1) is 41.8 Å². The average Bonchev–Trinajstić information content (AvgIpc) is 4.02. The predicted molar refractivity (Wildman–Crippen MR) is 327 cm³/mol. The van der Waals surface area contributed by atoms with Crippen LogP contribution in [0.3, 0.4) is 0 Å². The molecule has 0 aromatic heterocycles. The Bertz CT molecular complexity index is 2820. The topological polar surface area (TPSA) is 0 Å². The van der Waals surface area contributed by atoms with Crippen molar-refractivity contribution >= 4 is 112 Å². The first-order valence-corrected chi connectivity index (χ1v) is 46.5. The molecule has 0 spiro atoms. The molecular weight excluding hydrogens is 1050 g/mol. The van der Waals surface area contributed by atoms with Crippen molar-refractivity contribution < 1.29 is 20.8 Å². The first-order chi connectivity index (χ1) is 32.6. The zero-order chi connectivity index (χ0) is 51.7. The molecule has 8 heteroatoms. The fourth-order valence-electron chi connectivity index (χ4n) is 9.26. The SMILES string of the molecule is Cc1ccc2[cH-]c(C(C)C)cc2c1-c1cc([Si](C)(C)C)cc([Si](C)(C)C)c1.Cc1ccc2[cH-]c(C(C)C)cc2c1-c1cc([Si](C)(C)C)cc([Si](C)(C)C)c1.[Cl][Zr][Cl].[c-]1cccc2c1[Si]c1ccccc1-2. The summed E-state index contributed by atoms with van der Waals surface area (Å²) in [5.74, 6) is 1.13. The normalized spacial score (nSPS) is 12.5. The molecule has 0 unspecified atom stereocenters. The zero-order valence-electron chi connectivity index (χ0n) is 45.5. The molecule has 0 atom stereocenters. The van der Waals surface area contributed by atoms with Gasteiger partial charge in [0.1, 0.15) is 0 Å². The maximum absolute atomic E-state index is 4.93. The molecule has 1 heterocycles. The second-order valence-electron chi connectivity index (χ2n) is 24.2. The van der Waals surface area contributed by atoms with Gasteiger partial charge in [-0.25, -0.2) is 0 Å². The van der Waals surface area contributed by atoms with Gasteiger partial charge in [0.2, 0.25) is 0 Å². The molecule has 366 valence electrons. The molecule has 0 aliphatic carbocycles. The molecule has 1 aliphatic rings. The Morgan fingerprint density at radius 2 is 0.857 bits per heavy atom. The van der Waals surface area contributed by atoms with Gasteiger partial charge < -0.3 is 0 Å². The monoisotopic (exact) mass is 1120 g/mol. The third-order valence-electron chi connectivity index (χ3n) is 13.8. The number of hydrogen-bond donors (Lipinski definition) is 0. The molecule has 70 heavy (non-hydrogen) atoms. The van der Waals surface area contributed by atoms with Crippen molar-refractivity contribution in [2.45, 2.75) is 132 Å². The first-order valence-electron chi connectivity index (χ1n) is 25.2. The number of halogens is 2. The van der Waals surface area contributed by atoms with E-state index in [2.05, 4.69) is 248 Å². The van der Waals surface area contributed by atoms with E-state index in [0.717, 1.165) is 9.52 Å². The van der Waals surface area contributed by atoms with Gasteiger partial charge in [-0.3, -0.25) is 0 Å². The van der Waals surface area contributed by atoms with Crippen LogP contribution in [0.25, 0.3) is 54.9 Å². The van der Waals surface area contributed by atoms with E-state index in [1.54, 1.807) is 20.7 Å². The van der Waals surface area contributed by atoms with E-state index in [-0.39, 0.29) is 0 Å². The first kappa shape index (κ1) is 56.4. The quantitative estimate of drug-likeness (QED) is 0.105. The van der Waals surface area contributed by atoms with Crippen LogP contribution >= 0.6 is 17.0 Å². The minimum absolute atomic E-state index is 0.566. The predicted octanol–water partition coefficient (Wildman–Crippen LogP) is 16.0. The molecule has 0 saturated carbocycles. The van der Waals surface area contributed by atoms with Crippen LogP contribution in [0.1, 0.15) is 61.8 Å². The van der Waals surface area contributed by atoms with Crippen LogP contribution in [0.15, 0.2) is 127 Å². The molecule has 0 N–H and O–H groups in total. The number of fused-ring (bicyclic) bond motifs is 5. The Morgan fingerprint density at radius 3 is 1.23 bits per heavy atom. The van der Waals surface area contributed by atoms with Crippen molar-refractivity contribution in [3.63, 3.8) is 0 Å². The maximum Gasteiger partial charge on any atom is 0.0920 e. The molecule has 2 radical (unpaired) electrons. The summed E-state index contributed by atoms with van der Waals surface area (Å²) in [5.41, 5.74) is 14.2. The summed E-state index contributed by atoms with van der Waals surface area (Å²) in [6.07, 6.45) is 0. The molecule has 0 nitrogen and oxygen atoms in total. The summed E-state index contributed by atoms with van der Waals surface area (Å²) >= 11 is -0.826. The van der Waals surface area contributed by atoms with Crippen LogP contribution in [-0.2, 0) is 20.8 Å². The Balaban J connectivity index is 0.000000176. The van der Waals surface area contributed by atoms with E-state index in [1.807, 2.05) is 6.07 Å². The fraction of sp³-hybridized carbons (Fsp3) is 0.323. The molecule has 9 rings (SSSR count). The largest absolute Gasteiger partial charge is 0.184 e. The van der Waals surface area contributed by atoms with Gasteiger partial charge in [0.15, 0.2) is 0 Å². The van der Waals surface area contributed by atoms with Crippen molar-refractivity contribution in [1.82, 2.24) is 0 Å². The fourth-order valence-corrected chi connectivity index (χ4v) is 15.6. The van der Waals surface area contributed by atoms with Crippen molar-refractivity contribution in [2.75, 3.05) is 0 Å². The summed E-state index contributed by atoms with van der Waals surface area (Å²) in [6.45, 7) is 43.3. The molecule has 8 aromatic carbocycles. The molecule has 0 amide bonds. The smallest absolute Gasteiger partial charge is 0.0920 e. The standard InChI is InChI=1S/2C25H35Si2.C12H7Si.2ClH.Zr/c2*1-17(2)20-12-19-11-10-18(3)25(24(19)15-20)21-13-22(26(4,5)6)16-23(14-21)27(7,8)9;1-3-7-11-9(5-1)10-6-2-4-8-12(10)13-11;;;/h2*10-17H,1-9H3;1-7H;2*1H;/q3*-1;;;+2/p-2. The summed E-state index contributed by atoms with van der Waals surface area (Å²) in [5, 5.41) is 14.8. The van der Waals surface area contributed by atoms with Gasteiger partial charge in [-0.15, -0.1) is 74.6 Å². The van der Waals surface area contributed by atoms with E-state index >= 15 is 0 Å². The van der Waals surface area contributed by atoms with Crippen molar-refractivity contribution in [3.8, 4) is 33.4 Å². The molecule has 0 bridgehead atoms. The van der Waals surface area contributed by atoms with Crippen LogP contribution < -0.4 is 31.1 Å². The summed E-state index contributed by atoms with van der Waals surface area (Å²) in [4.78, 5) is 0. The van der Waals surface area contributed by atoms with Crippen LogP contribution in [0, 0.1) is 19.9 Å². The summed E-state index contributed by atoms with van der Waals surface area (Å²) in [7, 11) is 5.13. The Kier molecular flexibility index (Phi) is 18.3. The Hall–Kier alpha value is -2.91. The van der Waals surface area contributed by atoms with Crippen LogP contribution in [0.4, 0.5) is 0 Å². The minimum atomic E-state index is -1.38. The zero-order valence-corrected chi connectivity index (χ0v) is 54.5. The van der Waals surface area contributed by atoms with Gasteiger partial charge in [-0.2, -0.15) is 41.6 Å².